The van der Waals surface area contributed by atoms with Crippen LogP contribution in [0.15, 0.2) is 23.1 Å². The van der Waals surface area contributed by atoms with Crippen LogP contribution in [0.5, 0.6) is 0 Å². The lowest BCUT2D eigenvalue weighted by Crippen LogP contribution is -2.35. The summed E-state index contributed by atoms with van der Waals surface area (Å²) in [6.45, 7) is 7.95. The van der Waals surface area contributed by atoms with Crippen molar-refractivity contribution in [3.05, 3.63) is 33.5 Å². The highest BCUT2D eigenvalue weighted by atomic mass is 35.5. The molecule has 0 saturated carbocycles. The summed E-state index contributed by atoms with van der Waals surface area (Å²) in [7, 11) is 0. The second kappa shape index (κ2) is 4.69. The van der Waals surface area contributed by atoms with Gasteiger partial charge in [0.05, 0.1) is 0 Å². The summed E-state index contributed by atoms with van der Waals surface area (Å²) in [6, 6.07) is 2.80. The monoisotopic (exact) mass is 241 g/mol. The number of thiophene rings is 1. The smallest absolute Gasteiger partial charge is 0.0360 e. The number of hydrogen-bond donors (Lipinski definition) is 0. The van der Waals surface area contributed by atoms with Gasteiger partial charge in [0.1, 0.15) is 0 Å². The van der Waals surface area contributed by atoms with Gasteiger partial charge in [-0.2, -0.15) is 0 Å². The van der Waals surface area contributed by atoms with Gasteiger partial charge in [-0.05, 0) is 29.9 Å². The highest BCUT2D eigenvalue weighted by molar-refractivity contribution is 7.10. The molecule has 0 spiro atoms. The van der Waals surface area contributed by atoms with Gasteiger partial charge in [-0.3, -0.25) is 4.90 Å². The number of hydrogen-bond acceptors (Lipinski definition) is 2. The molecule has 2 heterocycles. The molecule has 0 fully saturated rings. The molecular formula is C12H16ClNS. The summed E-state index contributed by atoms with van der Waals surface area (Å²) in [5.74, 6) is 0. The van der Waals surface area contributed by atoms with Crippen molar-refractivity contribution in [2.75, 3.05) is 13.1 Å². The maximum atomic E-state index is 5.90. The van der Waals surface area contributed by atoms with Crippen molar-refractivity contribution in [3.8, 4) is 0 Å². The van der Waals surface area contributed by atoms with Crippen LogP contribution in [0, 0.1) is 0 Å². The summed E-state index contributed by atoms with van der Waals surface area (Å²) in [6.07, 6.45) is 2.31. The summed E-state index contributed by atoms with van der Waals surface area (Å²) < 4.78 is 0. The van der Waals surface area contributed by atoms with Gasteiger partial charge < -0.3 is 0 Å². The topological polar surface area (TPSA) is 3.24 Å². The molecule has 2 rings (SSSR count). The van der Waals surface area contributed by atoms with Crippen LogP contribution in [0.25, 0.3) is 0 Å². The van der Waals surface area contributed by atoms with E-state index in [1.54, 1.807) is 4.88 Å². The third-order valence-corrected chi connectivity index (χ3v) is 4.08. The lowest BCUT2D eigenvalue weighted by atomic mass is 9.98. The van der Waals surface area contributed by atoms with Gasteiger partial charge in [0.25, 0.3) is 0 Å². The van der Waals surface area contributed by atoms with Crippen molar-refractivity contribution < 1.29 is 0 Å². The van der Waals surface area contributed by atoms with E-state index >= 15 is 0 Å². The van der Waals surface area contributed by atoms with E-state index in [0.717, 1.165) is 31.0 Å². The first-order valence-electron chi connectivity index (χ1n) is 5.36. The number of halogens is 1. The lowest BCUT2D eigenvalue weighted by Gasteiger charge is -2.35. The molecule has 0 bridgehead atoms. The average Bonchev–Trinajstić information content (AvgIpc) is 2.64. The molecule has 0 saturated heterocycles. The van der Waals surface area contributed by atoms with E-state index in [2.05, 4.69) is 29.8 Å². The zero-order valence-electron chi connectivity index (χ0n) is 9.00. The van der Waals surface area contributed by atoms with Crippen molar-refractivity contribution >= 4 is 22.9 Å². The van der Waals surface area contributed by atoms with Crippen LogP contribution in [0.1, 0.15) is 29.8 Å². The zero-order valence-corrected chi connectivity index (χ0v) is 10.6. The van der Waals surface area contributed by atoms with Crippen molar-refractivity contribution in [3.63, 3.8) is 0 Å². The molecule has 1 aliphatic rings. The molecule has 0 aromatic carbocycles. The fourth-order valence-electron chi connectivity index (χ4n) is 2.34. The highest BCUT2D eigenvalue weighted by Crippen LogP contribution is 2.35. The summed E-state index contributed by atoms with van der Waals surface area (Å²) in [5, 5.41) is 2.94. The van der Waals surface area contributed by atoms with Crippen molar-refractivity contribution in [2.45, 2.75) is 25.8 Å². The minimum absolute atomic E-state index is 0.537. The molecule has 1 aliphatic heterocycles. The number of nitrogens with zero attached hydrogens (tertiary/aromatic N) is 1. The summed E-state index contributed by atoms with van der Waals surface area (Å²) in [5.41, 5.74) is 1.51. The lowest BCUT2D eigenvalue weighted by molar-refractivity contribution is 0.201. The second-order valence-corrected chi connectivity index (χ2v) is 5.50. The molecule has 0 N–H and O–H groups in total. The van der Waals surface area contributed by atoms with Crippen molar-refractivity contribution in [1.29, 1.82) is 0 Å². The minimum Gasteiger partial charge on any atom is -0.291 e. The predicted molar refractivity (Wildman–Crippen MR) is 67.6 cm³/mol. The fourth-order valence-corrected chi connectivity index (χ4v) is 3.42. The molecular weight excluding hydrogens is 226 g/mol. The predicted octanol–water partition coefficient (Wildman–Crippen LogP) is 3.81. The molecule has 3 heteroatoms. The van der Waals surface area contributed by atoms with Crippen LogP contribution in [0.4, 0.5) is 0 Å². The first kappa shape index (κ1) is 11.2. The summed E-state index contributed by atoms with van der Waals surface area (Å²) >= 11 is 7.78. The first-order chi connectivity index (χ1) is 7.22. The largest absolute Gasteiger partial charge is 0.291 e. The zero-order chi connectivity index (χ0) is 10.8. The van der Waals surface area contributed by atoms with E-state index in [1.807, 2.05) is 11.3 Å². The Balaban J connectivity index is 2.21. The molecule has 0 radical (unpaired) electrons. The van der Waals surface area contributed by atoms with Crippen molar-refractivity contribution in [1.82, 2.24) is 4.90 Å². The van der Waals surface area contributed by atoms with Gasteiger partial charge in [0.2, 0.25) is 0 Å². The van der Waals surface area contributed by atoms with E-state index in [4.69, 9.17) is 11.6 Å². The van der Waals surface area contributed by atoms with Crippen LogP contribution in [0.2, 0.25) is 0 Å². The molecule has 0 amide bonds. The number of rotatable bonds is 3. The molecule has 82 valence electrons. The maximum Gasteiger partial charge on any atom is 0.0360 e. The molecule has 15 heavy (non-hydrogen) atoms. The first-order valence-corrected chi connectivity index (χ1v) is 6.61. The Morgan fingerprint density at radius 2 is 2.53 bits per heavy atom. The number of fused-ring (bicyclic) bond motifs is 1. The van der Waals surface area contributed by atoms with Crippen LogP contribution in [0.3, 0.4) is 0 Å². The van der Waals surface area contributed by atoms with Gasteiger partial charge >= 0.3 is 0 Å². The fraction of sp³-hybridized carbons (Fsp3) is 0.500. The van der Waals surface area contributed by atoms with E-state index < -0.39 is 0 Å². The molecule has 1 aromatic rings. The van der Waals surface area contributed by atoms with Crippen molar-refractivity contribution in [2.24, 2.45) is 0 Å². The minimum atomic E-state index is 0.537. The van der Waals surface area contributed by atoms with Crippen LogP contribution >= 0.6 is 22.9 Å². The van der Waals surface area contributed by atoms with Gasteiger partial charge in [0.15, 0.2) is 0 Å². The summed E-state index contributed by atoms with van der Waals surface area (Å²) in [4.78, 5) is 3.99. The molecule has 1 nitrogen and oxygen atoms in total. The quantitative estimate of drug-likeness (QED) is 0.778. The van der Waals surface area contributed by atoms with Gasteiger partial charge in [0, 0.05) is 29.0 Å². The molecule has 1 atom stereocenters. The van der Waals surface area contributed by atoms with Gasteiger partial charge in [-0.1, -0.05) is 25.1 Å². The van der Waals surface area contributed by atoms with Gasteiger partial charge in [-0.25, -0.2) is 0 Å². The third-order valence-electron chi connectivity index (χ3n) is 2.97. The maximum absolute atomic E-state index is 5.90. The van der Waals surface area contributed by atoms with E-state index in [1.165, 1.54) is 5.56 Å². The Kier molecular flexibility index (Phi) is 3.49. The Hall–Kier alpha value is -0.310. The highest BCUT2D eigenvalue weighted by Gasteiger charge is 2.26. The van der Waals surface area contributed by atoms with Crippen LogP contribution in [-0.4, -0.2) is 18.0 Å². The van der Waals surface area contributed by atoms with Crippen LogP contribution < -0.4 is 0 Å². The molecule has 0 aliphatic carbocycles. The van der Waals surface area contributed by atoms with Crippen LogP contribution in [-0.2, 0) is 6.42 Å². The molecule has 1 unspecified atom stereocenters. The Morgan fingerprint density at radius 3 is 3.20 bits per heavy atom. The Morgan fingerprint density at radius 1 is 1.73 bits per heavy atom. The second-order valence-electron chi connectivity index (χ2n) is 3.96. The Bertz CT molecular complexity index is 358. The standard InChI is InChI=1S/C12H16ClNS/c1-3-11-10-5-7-15-12(10)4-6-14(11)8-9(2)13/h5,7,11H,2-4,6,8H2,1H3. The SMILES string of the molecule is C=C(Cl)CN1CCc2sccc2C1CC. The Labute approximate surface area is 100 Å². The van der Waals surface area contributed by atoms with E-state index in [9.17, 15) is 0 Å². The van der Waals surface area contributed by atoms with E-state index in [-0.39, 0.29) is 0 Å². The third kappa shape index (κ3) is 2.27. The average molecular weight is 242 g/mol. The molecule has 1 aromatic heterocycles. The normalized spacial score (nSPS) is 21.3. The van der Waals surface area contributed by atoms with E-state index in [0.29, 0.717) is 6.04 Å². The van der Waals surface area contributed by atoms with Gasteiger partial charge in [-0.15, -0.1) is 11.3 Å².